The van der Waals surface area contributed by atoms with Gasteiger partial charge < -0.3 is 24.1 Å². The maximum atomic E-state index is 12.4. The first-order valence-corrected chi connectivity index (χ1v) is 7.73. The molecule has 0 aromatic heterocycles. The molecule has 0 aliphatic rings. The van der Waals surface area contributed by atoms with Gasteiger partial charge in [-0.3, -0.25) is 4.79 Å². The van der Waals surface area contributed by atoms with Crippen LogP contribution in [0, 0.1) is 0 Å². The Balaban J connectivity index is 2.19. The number of ether oxygens (including phenoxy) is 4. The summed E-state index contributed by atoms with van der Waals surface area (Å²) in [5.74, 6) is 1.81. The lowest BCUT2D eigenvalue weighted by Crippen LogP contribution is -2.04. The van der Waals surface area contributed by atoms with Crippen molar-refractivity contribution in [2.75, 3.05) is 28.4 Å². The van der Waals surface area contributed by atoms with E-state index in [2.05, 4.69) is 0 Å². The Bertz CT molecular complexity index is 754. The van der Waals surface area contributed by atoms with Crippen LogP contribution in [0.1, 0.15) is 22.3 Å². The van der Waals surface area contributed by atoms with E-state index >= 15 is 0 Å². The number of ketones is 1. The number of hydrogen-bond acceptors (Lipinski definition) is 6. The Morgan fingerprint density at radius 1 is 0.920 bits per heavy atom. The summed E-state index contributed by atoms with van der Waals surface area (Å²) < 4.78 is 21.0. The van der Waals surface area contributed by atoms with Crippen molar-refractivity contribution in [3.8, 4) is 28.7 Å². The summed E-state index contributed by atoms with van der Waals surface area (Å²) >= 11 is 0. The highest BCUT2D eigenvalue weighted by Gasteiger charge is 2.18. The van der Waals surface area contributed by atoms with Gasteiger partial charge in [0, 0.05) is 12.5 Å². The van der Waals surface area contributed by atoms with Crippen LogP contribution in [0.4, 0.5) is 0 Å². The maximum absolute atomic E-state index is 12.4. The van der Waals surface area contributed by atoms with Crippen LogP contribution in [-0.2, 0) is 6.42 Å². The molecular weight excluding hydrogens is 324 g/mol. The molecule has 0 fully saturated rings. The van der Waals surface area contributed by atoms with Gasteiger partial charge >= 0.3 is 0 Å². The monoisotopic (exact) mass is 346 g/mol. The fraction of sp³-hybridized carbons (Fsp3) is 0.316. The van der Waals surface area contributed by atoms with Crippen LogP contribution in [0.15, 0.2) is 30.3 Å². The summed E-state index contributed by atoms with van der Waals surface area (Å²) in [6.07, 6.45) is 0.652. The number of methoxy groups -OCH3 is 4. The number of rotatable bonds is 8. The number of hydrogen-bond donors (Lipinski definition) is 1. The van der Waals surface area contributed by atoms with E-state index in [-0.39, 0.29) is 23.5 Å². The van der Waals surface area contributed by atoms with Crippen LogP contribution in [0.3, 0.4) is 0 Å². The molecule has 1 N–H and O–H groups in total. The summed E-state index contributed by atoms with van der Waals surface area (Å²) in [5.41, 5.74) is 1.08. The van der Waals surface area contributed by atoms with Crippen molar-refractivity contribution in [2.45, 2.75) is 12.8 Å². The molecule has 0 unspecified atom stereocenters. The molecule has 6 heteroatoms. The smallest absolute Gasteiger partial charge is 0.203 e. The largest absolute Gasteiger partial charge is 0.507 e. The van der Waals surface area contributed by atoms with Gasteiger partial charge in [0.15, 0.2) is 17.3 Å². The molecule has 6 nitrogen and oxygen atoms in total. The lowest BCUT2D eigenvalue weighted by Gasteiger charge is -2.15. The predicted octanol–water partition coefficient (Wildman–Crippen LogP) is 3.24. The highest BCUT2D eigenvalue weighted by atomic mass is 16.5. The van der Waals surface area contributed by atoms with E-state index in [0.29, 0.717) is 29.4 Å². The normalized spacial score (nSPS) is 10.2. The number of phenolic OH excluding ortho intramolecular Hbond substituents is 1. The number of benzene rings is 2. The summed E-state index contributed by atoms with van der Waals surface area (Å²) in [7, 11) is 6.12. The van der Waals surface area contributed by atoms with Crippen molar-refractivity contribution in [3.63, 3.8) is 0 Å². The van der Waals surface area contributed by atoms with E-state index in [9.17, 15) is 9.90 Å². The zero-order chi connectivity index (χ0) is 18.4. The van der Waals surface area contributed by atoms with Crippen molar-refractivity contribution in [3.05, 3.63) is 41.5 Å². The van der Waals surface area contributed by atoms with Crippen LogP contribution in [0.2, 0.25) is 0 Å². The van der Waals surface area contributed by atoms with Crippen LogP contribution in [0.5, 0.6) is 28.7 Å². The molecule has 2 aromatic carbocycles. The maximum Gasteiger partial charge on any atom is 0.203 e. The van der Waals surface area contributed by atoms with E-state index in [1.165, 1.54) is 27.4 Å². The number of carbonyl (C=O) groups is 1. The standard InChI is InChI=1S/C19H22O6/c1-22-13-7-8-14(16(21)11-13)15(20)9-5-12-6-10-17(23-2)19(25-4)18(12)24-3/h6-8,10-11,21H,5,9H2,1-4H3. The van der Waals surface area contributed by atoms with Gasteiger partial charge in [-0.1, -0.05) is 6.07 Å². The van der Waals surface area contributed by atoms with Crippen molar-refractivity contribution < 1.29 is 28.8 Å². The molecule has 2 aromatic rings. The third kappa shape index (κ3) is 3.96. The van der Waals surface area contributed by atoms with Crippen molar-refractivity contribution in [1.82, 2.24) is 0 Å². The molecular formula is C19H22O6. The molecule has 0 aliphatic carbocycles. The SMILES string of the molecule is COc1ccc(C(=O)CCc2ccc(OC)c(OC)c2OC)c(O)c1. The van der Waals surface area contributed by atoms with Crippen LogP contribution in [-0.4, -0.2) is 39.3 Å². The highest BCUT2D eigenvalue weighted by Crippen LogP contribution is 2.40. The first-order valence-electron chi connectivity index (χ1n) is 7.73. The third-order valence-corrected chi connectivity index (χ3v) is 3.91. The van der Waals surface area contributed by atoms with Gasteiger partial charge in [0.05, 0.1) is 34.0 Å². The van der Waals surface area contributed by atoms with Crippen LogP contribution < -0.4 is 18.9 Å². The summed E-state index contributed by atoms with van der Waals surface area (Å²) in [5, 5.41) is 9.98. The first-order chi connectivity index (χ1) is 12.0. The van der Waals surface area contributed by atoms with Gasteiger partial charge in [-0.25, -0.2) is 0 Å². The van der Waals surface area contributed by atoms with Gasteiger partial charge in [0.25, 0.3) is 0 Å². The van der Waals surface area contributed by atoms with Gasteiger partial charge in [-0.15, -0.1) is 0 Å². The van der Waals surface area contributed by atoms with Gasteiger partial charge in [0.2, 0.25) is 5.75 Å². The van der Waals surface area contributed by atoms with E-state index in [0.717, 1.165) is 5.56 Å². The topological polar surface area (TPSA) is 74.2 Å². The van der Waals surface area contributed by atoms with E-state index in [4.69, 9.17) is 18.9 Å². The Morgan fingerprint density at radius 3 is 2.20 bits per heavy atom. The van der Waals surface area contributed by atoms with Gasteiger partial charge in [-0.05, 0) is 30.2 Å². The quantitative estimate of drug-likeness (QED) is 0.740. The second-order valence-corrected chi connectivity index (χ2v) is 5.30. The number of aryl methyl sites for hydroxylation is 1. The summed E-state index contributed by atoms with van der Waals surface area (Å²) in [4.78, 5) is 12.4. The average molecular weight is 346 g/mol. The number of carbonyl (C=O) groups excluding carboxylic acids is 1. The number of Topliss-reactive ketones (excluding diaryl/α,β-unsaturated/α-hetero) is 1. The Kier molecular flexibility index (Phi) is 6.11. The van der Waals surface area contributed by atoms with Gasteiger partial charge in [-0.2, -0.15) is 0 Å². The molecule has 0 atom stereocenters. The van der Waals surface area contributed by atoms with Gasteiger partial charge in [0.1, 0.15) is 11.5 Å². The average Bonchev–Trinajstić information content (AvgIpc) is 2.64. The fourth-order valence-corrected chi connectivity index (χ4v) is 2.62. The Morgan fingerprint density at radius 2 is 1.64 bits per heavy atom. The van der Waals surface area contributed by atoms with Crippen molar-refractivity contribution in [1.29, 1.82) is 0 Å². The molecule has 0 amide bonds. The van der Waals surface area contributed by atoms with Crippen LogP contribution >= 0.6 is 0 Å². The van der Waals surface area contributed by atoms with E-state index < -0.39 is 0 Å². The third-order valence-electron chi connectivity index (χ3n) is 3.91. The Hall–Kier alpha value is -2.89. The Labute approximate surface area is 146 Å². The lowest BCUT2D eigenvalue weighted by molar-refractivity contribution is 0.0980. The zero-order valence-corrected chi connectivity index (χ0v) is 14.8. The molecule has 25 heavy (non-hydrogen) atoms. The first kappa shape index (κ1) is 18.4. The molecule has 0 heterocycles. The second-order valence-electron chi connectivity index (χ2n) is 5.30. The zero-order valence-electron chi connectivity index (χ0n) is 14.8. The fourth-order valence-electron chi connectivity index (χ4n) is 2.62. The molecule has 0 radical (unpaired) electrons. The highest BCUT2D eigenvalue weighted by molar-refractivity contribution is 5.98. The van der Waals surface area contributed by atoms with E-state index in [1.807, 2.05) is 6.07 Å². The van der Waals surface area contributed by atoms with Crippen molar-refractivity contribution >= 4 is 5.78 Å². The molecule has 0 saturated carbocycles. The molecule has 0 bridgehead atoms. The number of aromatic hydroxyl groups is 1. The molecule has 0 aliphatic heterocycles. The van der Waals surface area contributed by atoms with Crippen molar-refractivity contribution in [2.24, 2.45) is 0 Å². The molecule has 0 saturated heterocycles. The minimum absolute atomic E-state index is 0.0939. The van der Waals surface area contributed by atoms with E-state index in [1.54, 1.807) is 25.3 Å². The second kappa shape index (κ2) is 8.28. The lowest BCUT2D eigenvalue weighted by atomic mass is 10.0. The predicted molar refractivity (Wildman–Crippen MR) is 93.4 cm³/mol. The number of phenols is 1. The van der Waals surface area contributed by atoms with Crippen LogP contribution in [0.25, 0.3) is 0 Å². The summed E-state index contributed by atoms with van der Waals surface area (Å²) in [6.45, 7) is 0. The molecule has 2 rings (SSSR count). The molecule has 0 spiro atoms. The minimum Gasteiger partial charge on any atom is -0.507 e. The summed E-state index contributed by atoms with van der Waals surface area (Å²) in [6, 6.07) is 8.23. The molecule has 134 valence electrons. The minimum atomic E-state index is -0.169.